The number of benzene rings is 2. The summed E-state index contributed by atoms with van der Waals surface area (Å²) in [5, 5.41) is 11.0. The molecule has 102 valence electrons. The fraction of sp³-hybridized carbons (Fsp3) is 0.0625. The molecule has 0 spiro atoms. The van der Waals surface area contributed by atoms with Gasteiger partial charge in [0.2, 0.25) is 5.91 Å². The molecule has 0 atom stereocenters. The summed E-state index contributed by atoms with van der Waals surface area (Å²) in [7, 11) is 0. The van der Waals surface area contributed by atoms with Crippen molar-refractivity contribution in [3.8, 4) is 22.4 Å². The Labute approximate surface area is 119 Å². The molecule has 2 aromatic carbocycles. The first-order valence-corrected chi connectivity index (χ1v) is 6.59. The van der Waals surface area contributed by atoms with Crippen LogP contribution in [0.4, 0.5) is 5.69 Å². The Balaban J connectivity index is 2.05. The quantitative estimate of drug-likeness (QED) is 0.561. The van der Waals surface area contributed by atoms with E-state index >= 15 is 0 Å². The first-order valence-electron chi connectivity index (χ1n) is 6.59. The van der Waals surface area contributed by atoms with E-state index in [1.54, 1.807) is 6.07 Å². The van der Waals surface area contributed by atoms with Crippen LogP contribution in [0.1, 0.15) is 6.92 Å². The molecule has 0 bridgehead atoms. The van der Waals surface area contributed by atoms with E-state index in [1.165, 1.54) is 6.92 Å². The molecule has 0 aliphatic heterocycles. The van der Waals surface area contributed by atoms with Crippen molar-refractivity contribution < 1.29 is 4.79 Å². The van der Waals surface area contributed by atoms with E-state index < -0.39 is 0 Å². The molecule has 0 saturated carbocycles. The minimum Gasteiger partial charge on any atom is -0.326 e. The van der Waals surface area contributed by atoms with Crippen molar-refractivity contribution in [1.82, 2.24) is 10.2 Å². The van der Waals surface area contributed by atoms with E-state index in [9.17, 15) is 9.59 Å². The van der Waals surface area contributed by atoms with Gasteiger partial charge in [-0.25, -0.2) is 5.10 Å². The Morgan fingerprint density at radius 2 is 2.00 bits per heavy atom. The van der Waals surface area contributed by atoms with Gasteiger partial charge >= 0.3 is 0 Å². The van der Waals surface area contributed by atoms with Crippen molar-refractivity contribution in [3.63, 3.8) is 0 Å². The van der Waals surface area contributed by atoms with E-state index in [4.69, 9.17) is 0 Å². The molecule has 21 heavy (non-hydrogen) atoms. The highest BCUT2D eigenvalue weighted by atomic mass is 16.1. The number of amides is 1. The summed E-state index contributed by atoms with van der Waals surface area (Å²) >= 11 is 0. The van der Waals surface area contributed by atoms with Gasteiger partial charge in [-0.3, -0.25) is 9.59 Å². The van der Waals surface area contributed by atoms with Gasteiger partial charge in [-0.05, 0) is 29.3 Å². The maximum absolute atomic E-state index is 11.9. The molecule has 3 aromatic rings. The first kappa shape index (κ1) is 11.8. The number of carbonyl (C=O) groups is 1. The minimum absolute atomic E-state index is 0.120. The number of aromatic amines is 1. The molecular formula is C16H11N3O2. The van der Waals surface area contributed by atoms with Gasteiger partial charge in [-0.1, -0.05) is 18.2 Å². The molecule has 1 amide bonds. The topological polar surface area (TPSA) is 74.8 Å². The molecule has 1 aliphatic carbocycles. The molecule has 5 heteroatoms. The predicted octanol–water partition coefficient (Wildman–Crippen LogP) is 2.53. The maximum atomic E-state index is 11.9. The molecule has 0 fully saturated rings. The molecule has 0 radical (unpaired) electrons. The van der Waals surface area contributed by atoms with E-state index in [-0.39, 0.29) is 11.5 Å². The SMILES string of the molecule is CC(=O)Nc1ccc2c(c1)-c1n[nH]c(=O)c3cccc-2c13. The van der Waals surface area contributed by atoms with Gasteiger partial charge in [0.15, 0.2) is 0 Å². The standard InChI is InChI=1S/C16H11N3O2/c1-8(20)17-9-5-6-10-11-3-2-4-12-14(11)15(13(10)7-9)18-19-16(12)21/h2-7H,1H3,(H,17,20)(H,19,21). The molecule has 2 N–H and O–H groups in total. The maximum Gasteiger partial charge on any atom is 0.272 e. The van der Waals surface area contributed by atoms with Gasteiger partial charge in [0.25, 0.3) is 5.56 Å². The Bertz CT molecular complexity index is 973. The number of anilines is 1. The number of hydrogen-bond acceptors (Lipinski definition) is 3. The van der Waals surface area contributed by atoms with Crippen LogP contribution in [0.5, 0.6) is 0 Å². The molecule has 1 aromatic heterocycles. The highest BCUT2D eigenvalue weighted by molar-refractivity contribution is 6.14. The average molecular weight is 277 g/mol. The van der Waals surface area contributed by atoms with Gasteiger partial charge < -0.3 is 5.32 Å². The molecule has 4 rings (SSSR count). The van der Waals surface area contributed by atoms with Crippen LogP contribution in [0.3, 0.4) is 0 Å². The summed E-state index contributed by atoms with van der Waals surface area (Å²) in [5.74, 6) is -0.120. The van der Waals surface area contributed by atoms with Gasteiger partial charge in [0.05, 0.1) is 11.1 Å². The zero-order chi connectivity index (χ0) is 14.6. The summed E-state index contributed by atoms with van der Waals surface area (Å²) in [6.07, 6.45) is 0. The van der Waals surface area contributed by atoms with Crippen LogP contribution >= 0.6 is 0 Å². The summed E-state index contributed by atoms with van der Waals surface area (Å²) in [5.41, 5.74) is 4.23. The van der Waals surface area contributed by atoms with Crippen LogP contribution < -0.4 is 10.9 Å². The van der Waals surface area contributed by atoms with E-state index in [2.05, 4.69) is 15.5 Å². The first-order chi connectivity index (χ1) is 10.1. The largest absolute Gasteiger partial charge is 0.326 e. The average Bonchev–Trinajstić information content (AvgIpc) is 2.77. The van der Waals surface area contributed by atoms with Gasteiger partial charge in [0.1, 0.15) is 0 Å². The fourth-order valence-corrected chi connectivity index (χ4v) is 2.89. The van der Waals surface area contributed by atoms with Crippen LogP contribution in [0.25, 0.3) is 33.2 Å². The number of fused-ring (bicyclic) bond motifs is 3. The van der Waals surface area contributed by atoms with Crippen molar-refractivity contribution in [1.29, 1.82) is 0 Å². The van der Waals surface area contributed by atoms with Crippen molar-refractivity contribution in [3.05, 3.63) is 46.8 Å². The number of carbonyl (C=O) groups excluding carboxylic acids is 1. The zero-order valence-electron chi connectivity index (χ0n) is 11.2. The molecule has 1 heterocycles. The Hall–Kier alpha value is -2.95. The van der Waals surface area contributed by atoms with Crippen LogP contribution in [0.2, 0.25) is 0 Å². The predicted molar refractivity (Wildman–Crippen MR) is 81.1 cm³/mol. The van der Waals surface area contributed by atoms with Gasteiger partial charge in [-0.2, -0.15) is 5.10 Å². The van der Waals surface area contributed by atoms with Crippen molar-refractivity contribution >= 4 is 22.4 Å². The second kappa shape index (κ2) is 4.02. The second-order valence-corrected chi connectivity index (χ2v) is 5.07. The van der Waals surface area contributed by atoms with Crippen LogP contribution in [-0.2, 0) is 4.79 Å². The second-order valence-electron chi connectivity index (χ2n) is 5.07. The minimum atomic E-state index is -0.189. The van der Waals surface area contributed by atoms with Crippen molar-refractivity contribution in [2.45, 2.75) is 6.92 Å². The van der Waals surface area contributed by atoms with Crippen LogP contribution in [-0.4, -0.2) is 16.1 Å². The molecule has 0 saturated heterocycles. The van der Waals surface area contributed by atoms with Gasteiger partial charge in [-0.15, -0.1) is 0 Å². The molecule has 0 unspecified atom stereocenters. The smallest absolute Gasteiger partial charge is 0.272 e. The third-order valence-electron chi connectivity index (χ3n) is 3.70. The highest BCUT2D eigenvalue weighted by Gasteiger charge is 2.24. The lowest BCUT2D eigenvalue weighted by molar-refractivity contribution is -0.114. The van der Waals surface area contributed by atoms with Crippen LogP contribution in [0, 0.1) is 0 Å². The number of rotatable bonds is 1. The Morgan fingerprint density at radius 1 is 1.14 bits per heavy atom. The van der Waals surface area contributed by atoms with E-state index in [0.29, 0.717) is 5.39 Å². The molecular weight excluding hydrogens is 266 g/mol. The van der Waals surface area contributed by atoms with E-state index in [1.807, 2.05) is 30.3 Å². The van der Waals surface area contributed by atoms with E-state index in [0.717, 1.165) is 33.5 Å². The summed E-state index contributed by atoms with van der Waals surface area (Å²) in [4.78, 5) is 23.1. The normalized spacial score (nSPS) is 11.5. The third kappa shape index (κ3) is 1.61. The van der Waals surface area contributed by atoms with Crippen LogP contribution in [0.15, 0.2) is 41.2 Å². The Kier molecular flexibility index (Phi) is 2.27. The lowest BCUT2D eigenvalue weighted by Gasteiger charge is -2.05. The summed E-state index contributed by atoms with van der Waals surface area (Å²) < 4.78 is 0. The number of hydrogen-bond donors (Lipinski definition) is 2. The highest BCUT2D eigenvalue weighted by Crippen LogP contribution is 2.45. The van der Waals surface area contributed by atoms with Crippen molar-refractivity contribution in [2.75, 3.05) is 5.32 Å². The lowest BCUT2D eigenvalue weighted by atomic mass is 10.0. The fourth-order valence-electron chi connectivity index (χ4n) is 2.89. The van der Waals surface area contributed by atoms with Crippen molar-refractivity contribution in [2.24, 2.45) is 0 Å². The van der Waals surface area contributed by atoms with Gasteiger partial charge in [0, 0.05) is 23.6 Å². The third-order valence-corrected chi connectivity index (χ3v) is 3.70. The number of H-pyrrole nitrogens is 1. The molecule has 1 aliphatic rings. The molecule has 5 nitrogen and oxygen atoms in total. The lowest BCUT2D eigenvalue weighted by Crippen LogP contribution is -2.08. The number of aromatic nitrogens is 2. The Morgan fingerprint density at radius 3 is 2.81 bits per heavy atom. The zero-order valence-corrected chi connectivity index (χ0v) is 11.2. The number of nitrogens with one attached hydrogen (secondary N) is 2. The summed E-state index contributed by atoms with van der Waals surface area (Å²) in [6.45, 7) is 1.47. The number of nitrogens with zero attached hydrogens (tertiary/aromatic N) is 1. The summed E-state index contributed by atoms with van der Waals surface area (Å²) in [6, 6.07) is 11.3. The monoisotopic (exact) mass is 277 g/mol.